The molecule has 0 bridgehead atoms. The van der Waals surface area contributed by atoms with Crippen LogP contribution in [0.25, 0.3) is 0 Å². The normalized spacial score (nSPS) is 10.1. The van der Waals surface area contributed by atoms with Crippen molar-refractivity contribution in [3.8, 4) is 5.75 Å². The van der Waals surface area contributed by atoms with Gasteiger partial charge in [0, 0.05) is 10.6 Å². The van der Waals surface area contributed by atoms with E-state index >= 15 is 0 Å². The van der Waals surface area contributed by atoms with Crippen LogP contribution in [0.2, 0.25) is 5.02 Å². The number of benzene rings is 1. The smallest absolute Gasteiger partial charge is 0.130 e. The van der Waals surface area contributed by atoms with E-state index in [0.29, 0.717) is 11.6 Å². The van der Waals surface area contributed by atoms with Gasteiger partial charge >= 0.3 is 0 Å². The Balaban J connectivity index is 1.95. The van der Waals surface area contributed by atoms with E-state index < -0.39 is 0 Å². The molecule has 14 heavy (non-hydrogen) atoms. The molecule has 1 heterocycles. The zero-order chi connectivity index (χ0) is 9.80. The van der Waals surface area contributed by atoms with Crippen LogP contribution < -0.4 is 4.74 Å². The van der Waals surface area contributed by atoms with Gasteiger partial charge in [-0.1, -0.05) is 16.8 Å². The first kappa shape index (κ1) is 9.09. The molecular weight excluding hydrogens is 202 g/mol. The summed E-state index contributed by atoms with van der Waals surface area (Å²) in [4.78, 5) is 0. The van der Waals surface area contributed by atoms with Gasteiger partial charge in [-0.25, -0.2) is 0 Å². The predicted octanol–water partition coefficient (Wildman–Crippen LogP) is 2.91. The summed E-state index contributed by atoms with van der Waals surface area (Å²) in [7, 11) is 0. The number of ether oxygens (including phenoxy) is 1. The predicted molar refractivity (Wildman–Crippen MR) is 52.3 cm³/mol. The SMILES string of the molecule is Clc1ccc(OCc2cnoc2)cc1. The summed E-state index contributed by atoms with van der Waals surface area (Å²) < 4.78 is 10.1. The standard InChI is InChI=1S/C10H8ClNO2/c11-9-1-3-10(4-2-9)13-6-8-5-12-14-7-8/h1-5,7H,6H2. The second-order valence-corrected chi connectivity index (χ2v) is 3.21. The molecule has 2 rings (SSSR count). The lowest BCUT2D eigenvalue weighted by atomic mass is 10.3. The maximum atomic E-state index is 5.73. The number of hydrogen-bond donors (Lipinski definition) is 0. The van der Waals surface area contributed by atoms with Gasteiger partial charge in [0.05, 0.1) is 6.20 Å². The number of rotatable bonds is 3. The molecule has 0 saturated carbocycles. The largest absolute Gasteiger partial charge is 0.489 e. The van der Waals surface area contributed by atoms with Crippen molar-refractivity contribution >= 4 is 11.6 Å². The lowest BCUT2D eigenvalue weighted by molar-refractivity contribution is 0.304. The van der Waals surface area contributed by atoms with E-state index in [-0.39, 0.29) is 0 Å². The van der Waals surface area contributed by atoms with Crippen LogP contribution in [-0.4, -0.2) is 5.16 Å². The Kier molecular flexibility index (Phi) is 2.70. The minimum absolute atomic E-state index is 0.450. The zero-order valence-electron chi connectivity index (χ0n) is 7.31. The Bertz CT molecular complexity index is 383. The Labute approximate surface area is 86.2 Å². The molecule has 2 aromatic rings. The van der Waals surface area contributed by atoms with Crippen molar-refractivity contribution in [1.82, 2.24) is 5.16 Å². The van der Waals surface area contributed by atoms with Crippen LogP contribution in [0.4, 0.5) is 0 Å². The summed E-state index contributed by atoms with van der Waals surface area (Å²) in [6.07, 6.45) is 3.17. The molecule has 1 aromatic carbocycles. The van der Waals surface area contributed by atoms with Crippen molar-refractivity contribution in [2.75, 3.05) is 0 Å². The number of aromatic nitrogens is 1. The Morgan fingerprint density at radius 2 is 2.07 bits per heavy atom. The van der Waals surface area contributed by atoms with Gasteiger partial charge in [0.25, 0.3) is 0 Å². The van der Waals surface area contributed by atoms with Crippen molar-refractivity contribution in [1.29, 1.82) is 0 Å². The minimum Gasteiger partial charge on any atom is -0.489 e. The summed E-state index contributed by atoms with van der Waals surface area (Å²) in [6.45, 7) is 0.450. The zero-order valence-corrected chi connectivity index (χ0v) is 8.07. The van der Waals surface area contributed by atoms with E-state index in [1.807, 2.05) is 12.1 Å². The highest BCUT2D eigenvalue weighted by atomic mass is 35.5. The van der Waals surface area contributed by atoms with E-state index in [1.54, 1.807) is 24.6 Å². The fraction of sp³-hybridized carbons (Fsp3) is 0.100. The third-order valence-corrected chi connectivity index (χ3v) is 1.95. The lowest BCUT2D eigenvalue weighted by Crippen LogP contribution is -1.92. The fourth-order valence-electron chi connectivity index (χ4n) is 0.995. The molecule has 0 N–H and O–H groups in total. The molecule has 0 unspecified atom stereocenters. The lowest BCUT2D eigenvalue weighted by Gasteiger charge is -2.03. The van der Waals surface area contributed by atoms with E-state index in [1.165, 1.54) is 0 Å². The summed E-state index contributed by atoms with van der Waals surface area (Å²) in [5.74, 6) is 0.774. The van der Waals surface area contributed by atoms with E-state index in [0.717, 1.165) is 11.3 Å². The Hall–Kier alpha value is -1.48. The van der Waals surface area contributed by atoms with Crippen molar-refractivity contribution in [3.05, 3.63) is 47.3 Å². The number of nitrogens with zero attached hydrogens (tertiary/aromatic N) is 1. The third-order valence-electron chi connectivity index (χ3n) is 1.70. The van der Waals surface area contributed by atoms with Crippen molar-refractivity contribution in [2.45, 2.75) is 6.61 Å². The molecule has 0 radical (unpaired) electrons. The van der Waals surface area contributed by atoms with Crippen molar-refractivity contribution < 1.29 is 9.26 Å². The molecule has 0 aliphatic rings. The molecule has 0 spiro atoms. The molecule has 0 saturated heterocycles. The van der Waals surface area contributed by atoms with E-state index in [2.05, 4.69) is 9.68 Å². The molecule has 0 amide bonds. The van der Waals surface area contributed by atoms with Gasteiger partial charge in [-0.3, -0.25) is 0 Å². The highest BCUT2D eigenvalue weighted by Crippen LogP contribution is 2.16. The van der Waals surface area contributed by atoms with Gasteiger partial charge < -0.3 is 9.26 Å². The van der Waals surface area contributed by atoms with Gasteiger partial charge in [-0.05, 0) is 24.3 Å². The molecule has 0 fully saturated rings. The van der Waals surface area contributed by atoms with Gasteiger partial charge in [-0.2, -0.15) is 0 Å². The van der Waals surface area contributed by atoms with Crippen LogP contribution in [0.3, 0.4) is 0 Å². The summed E-state index contributed by atoms with van der Waals surface area (Å²) >= 11 is 5.73. The highest BCUT2D eigenvalue weighted by molar-refractivity contribution is 6.30. The van der Waals surface area contributed by atoms with Crippen LogP contribution in [0, 0.1) is 0 Å². The average Bonchev–Trinajstić information content (AvgIpc) is 2.70. The van der Waals surface area contributed by atoms with Gasteiger partial charge in [0.15, 0.2) is 0 Å². The van der Waals surface area contributed by atoms with Crippen molar-refractivity contribution in [3.63, 3.8) is 0 Å². The highest BCUT2D eigenvalue weighted by Gasteiger charge is 1.97. The molecule has 1 aromatic heterocycles. The monoisotopic (exact) mass is 209 g/mol. The maximum absolute atomic E-state index is 5.73. The molecule has 0 aliphatic carbocycles. The number of hydrogen-bond acceptors (Lipinski definition) is 3. The fourth-order valence-corrected chi connectivity index (χ4v) is 1.12. The van der Waals surface area contributed by atoms with E-state index in [4.69, 9.17) is 16.3 Å². The van der Waals surface area contributed by atoms with Crippen LogP contribution in [0.5, 0.6) is 5.75 Å². The molecule has 0 atom stereocenters. The van der Waals surface area contributed by atoms with Crippen LogP contribution in [0.15, 0.2) is 41.2 Å². The summed E-state index contributed by atoms with van der Waals surface area (Å²) in [5.41, 5.74) is 0.903. The Morgan fingerprint density at radius 3 is 2.71 bits per heavy atom. The van der Waals surface area contributed by atoms with Crippen LogP contribution in [0.1, 0.15) is 5.56 Å². The van der Waals surface area contributed by atoms with Crippen LogP contribution >= 0.6 is 11.6 Å². The average molecular weight is 210 g/mol. The second kappa shape index (κ2) is 4.15. The van der Waals surface area contributed by atoms with Crippen molar-refractivity contribution in [2.24, 2.45) is 0 Å². The summed E-state index contributed by atoms with van der Waals surface area (Å²) in [6, 6.07) is 7.20. The molecule has 72 valence electrons. The summed E-state index contributed by atoms with van der Waals surface area (Å²) in [5, 5.41) is 4.27. The topological polar surface area (TPSA) is 35.3 Å². The molecule has 3 nitrogen and oxygen atoms in total. The first-order valence-electron chi connectivity index (χ1n) is 4.11. The second-order valence-electron chi connectivity index (χ2n) is 2.78. The Morgan fingerprint density at radius 1 is 1.29 bits per heavy atom. The molecule has 4 heteroatoms. The van der Waals surface area contributed by atoms with Crippen LogP contribution in [-0.2, 0) is 6.61 Å². The van der Waals surface area contributed by atoms with Gasteiger partial charge in [0.1, 0.15) is 18.6 Å². The van der Waals surface area contributed by atoms with E-state index in [9.17, 15) is 0 Å². The van der Waals surface area contributed by atoms with Gasteiger partial charge in [0.2, 0.25) is 0 Å². The number of halogens is 1. The third kappa shape index (κ3) is 2.26. The minimum atomic E-state index is 0.450. The molecular formula is C10H8ClNO2. The molecule has 0 aliphatic heterocycles. The van der Waals surface area contributed by atoms with Gasteiger partial charge in [-0.15, -0.1) is 0 Å². The maximum Gasteiger partial charge on any atom is 0.130 e. The first-order valence-corrected chi connectivity index (χ1v) is 4.49. The quantitative estimate of drug-likeness (QED) is 0.780. The first-order chi connectivity index (χ1) is 6.84.